The van der Waals surface area contributed by atoms with Gasteiger partial charge in [0.1, 0.15) is 0 Å². The number of amides is 2. The molecule has 0 atom stereocenters. The second-order valence-corrected chi connectivity index (χ2v) is 7.77. The second kappa shape index (κ2) is 8.01. The van der Waals surface area contributed by atoms with E-state index in [2.05, 4.69) is 5.32 Å². The molecule has 0 aromatic heterocycles. The smallest absolute Gasteiger partial charge is 0.264 e. The molecule has 2 aromatic rings. The van der Waals surface area contributed by atoms with Crippen LogP contribution in [0.15, 0.2) is 59.5 Å². The zero-order valence-electron chi connectivity index (χ0n) is 14.8. The fourth-order valence-corrected chi connectivity index (χ4v) is 3.32. The van der Waals surface area contributed by atoms with Crippen molar-refractivity contribution in [1.82, 2.24) is 10.2 Å². The first-order valence-electron chi connectivity index (χ1n) is 7.86. The molecule has 0 radical (unpaired) electrons. The fraction of sp³-hybridized carbons (Fsp3) is 0.222. The van der Waals surface area contributed by atoms with Crippen molar-refractivity contribution < 1.29 is 18.0 Å². The number of anilines is 1. The van der Waals surface area contributed by atoms with Gasteiger partial charge in [0.05, 0.1) is 17.1 Å². The molecule has 0 fully saturated rings. The van der Waals surface area contributed by atoms with Crippen molar-refractivity contribution in [1.29, 1.82) is 0 Å². The van der Waals surface area contributed by atoms with Gasteiger partial charge in [-0.05, 0) is 36.4 Å². The molecule has 138 valence electrons. The van der Waals surface area contributed by atoms with Gasteiger partial charge in [0.2, 0.25) is 5.91 Å². The van der Waals surface area contributed by atoms with Gasteiger partial charge >= 0.3 is 0 Å². The van der Waals surface area contributed by atoms with E-state index in [0.717, 1.165) is 0 Å². The SMILES string of the molecule is CN(C)C(=O)CNC(=O)c1ccc(S(=O)(=O)N(C)c2ccccc2)cc1. The molecular formula is C18H21N3O4S. The van der Waals surface area contributed by atoms with Gasteiger partial charge in [-0.25, -0.2) is 8.42 Å². The maximum Gasteiger partial charge on any atom is 0.264 e. The van der Waals surface area contributed by atoms with E-state index in [-0.39, 0.29) is 22.9 Å². The summed E-state index contributed by atoms with van der Waals surface area (Å²) in [6.07, 6.45) is 0. The van der Waals surface area contributed by atoms with Crippen LogP contribution >= 0.6 is 0 Å². The molecule has 7 nitrogen and oxygen atoms in total. The lowest BCUT2D eigenvalue weighted by Crippen LogP contribution is -2.36. The van der Waals surface area contributed by atoms with Gasteiger partial charge in [-0.15, -0.1) is 0 Å². The number of sulfonamides is 1. The number of rotatable bonds is 6. The highest BCUT2D eigenvalue weighted by molar-refractivity contribution is 7.92. The third-order valence-corrected chi connectivity index (χ3v) is 5.59. The number of carbonyl (C=O) groups excluding carboxylic acids is 2. The van der Waals surface area contributed by atoms with Crippen molar-refractivity contribution >= 4 is 27.5 Å². The van der Waals surface area contributed by atoms with E-state index in [1.54, 1.807) is 44.4 Å². The molecule has 0 aliphatic carbocycles. The average Bonchev–Trinajstić information content (AvgIpc) is 2.65. The number of nitrogens with zero attached hydrogens (tertiary/aromatic N) is 2. The van der Waals surface area contributed by atoms with Crippen molar-refractivity contribution in [3.05, 3.63) is 60.2 Å². The van der Waals surface area contributed by atoms with E-state index in [9.17, 15) is 18.0 Å². The summed E-state index contributed by atoms with van der Waals surface area (Å²) >= 11 is 0. The van der Waals surface area contributed by atoms with Gasteiger partial charge in [-0.3, -0.25) is 13.9 Å². The third-order valence-electron chi connectivity index (χ3n) is 3.79. The lowest BCUT2D eigenvalue weighted by Gasteiger charge is -2.19. The van der Waals surface area contributed by atoms with E-state index in [0.29, 0.717) is 5.69 Å². The number of hydrogen-bond donors (Lipinski definition) is 1. The average molecular weight is 375 g/mol. The van der Waals surface area contributed by atoms with Crippen LogP contribution in [0.25, 0.3) is 0 Å². The molecule has 0 bridgehead atoms. The topological polar surface area (TPSA) is 86.8 Å². The highest BCUT2D eigenvalue weighted by atomic mass is 32.2. The van der Waals surface area contributed by atoms with Crippen LogP contribution in [0.2, 0.25) is 0 Å². The Labute approximate surface area is 153 Å². The number of likely N-dealkylation sites (N-methyl/N-ethyl adjacent to an activating group) is 1. The van der Waals surface area contributed by atoms with Crippen molar-refractivity contribution in [2.45, 2.75) is 4.90 Å². The number of benzene rings is 2. The van der Waals surface area contributed by atoms with E-state index in [1.165, 1.54) is 40.5 Å². The third kappa shape index (κ3) is 4.40. The molecule has 1 N–H and O–H groups in total. The second-order valence-electron chi connectivity index (χ2n) is 5.80. The summed E-state index contributed by atoms with van der Waals surface area (Å²) in [5.41, 5.74) is 0.814. The van der Waals surface area contributed by atoms with Crippen LogP contribution in [0, 0.1) is 0 Å². The highest BCUT2D eigenvalue weighted by Crippen LogP contribution is 2.21. The van der Waals surface area contributed by atoms with Crippen molar-refractivity contribution in [3.63, 3.8) is 0 Å². The van der Waals surface area contributed by atoms with E-state index in [1.807, 2.05) is 0 Å². The molecule has 2 rings (SSSR count). The molecule has 0 unspecified atom stereocenters. The van der Waals surface area contributed by atoms with E-state index < -0.39 is 15.9 Å². The Hall–Kier alpha value is -2.87. The molecule has 0 saturated heterocycles. The minimum absolute atomic E-state index is 0.0739. The molecule has 8 heteroatoms. The Balaban J connectivity index is 2.13. The summed E-state index contributed by atoms with van der Waals surface area (Å²) in [6.45, 7) is -0.122. The van der Waals surface area contributed by atoms with Gasteiger partial charge in [0.15, 0.2) is 0 Å². The molecular weight excluding hydrogens is 354 g/mol. The fourth-order valence-electron chi connectivity index (χ4n) is 2.13. The Morgan fingerprint density at radius 1 is 0.923 bits per heavy atom. The van der Waals surface area contributed by atoms with Crippen LogP contribution in [0.5, 0.6) is 0 Å². The van der Waals surface area contributed by atoms with Crippen LogP contribution in [0.4, 0.5) is 5.69 Å². The van der Waals surface area contributed by atoms with Gasteiger partial charge in [-0.2, -0.15) is 0 Å². The zero-order valence-corrected chi connectivity index (χ0v) is 15.7. The summed E-state index contributed by atoms with van der Waals surface area (Å²) in [5.74, 6) is -0.678. The molecule has 2 amide bonds. The summed E-state index contributed by atoms with van der Waals surface area (Å²) < 4.78 is 26.5. The van der Waals surface area contributed by atoms with Gasteiger partial charge in [-0.1, -0.05) is 18.2 Å². The van der Waals surface area contributed by atoms with Crippen LogP contribution < -0.4 is 9.62 Å². The molecule has 2 aromatic carbocycles. The Morgan fingerprint density at radius 3 is 2.04 bits per heavy atom. The zero-order chi connectivity index (χ0) is 19.3. The van der Waals surface area contributed by atoms with Crippen LogP contribution in [0.3, 0.4) is 0 Å². The van der Waals surface area contributed by atoms with E-state index in [4.69, 9.17) is 0 Å². The lowest BCUT2D eigenvalue weighted by molar-refractivity contribution is -0.127. The van der Waals surface area contributed by atoms with E-state index >= 15 is 0 Å². The first kappa shape index (κ1) is 19.5. The Bertz CT molecular complexity index is 878. The van der Waals surface area contributed by atoms with Crippen molar-refractivity contribution in [3.8, 4) is 0 Å². The predicted molar refractivity (Wildman–Crippen MR) is 99.5 cm³/mol. The van der Waals surface area contributed by atoms with Crippen LogP contribution in [0.1, 0.15) is 10.4 Å². The molecule has 0 heterocycles. The summed E-state index contributed by atoms with van der Waals surface area (Å²) in [5, 5.41) is 2.50. The van der Waals surface area contributed by atoms with Crippen LogP contribution in [-0.4, -0.2) is 52.8 Å². The number of para-hydroxylation sites is 1. The quantitative estimate of drug-likeness (QED) is 0.825. The standard InChI is InChI=1S/C18H21N3O4S/c1-20(2)17(22)13-19-18(23)14-9-11-16(12-10-14)26(24,25)21(3)15-7-5-4-6-8-15/h4-12H,13H2,1-3H3,(H,19,23). The lowest BCUT2D eigenvalue weighted by atomic mass is 10.2. The first-order valence-corrected chi connectivity index (χ1v) is 9.30. The predicted octanol–water partition coefficient (Wildman–Crippen LogP) is 1.33. The minimum Gasteiger partial charge on any atom is -0.347 e. The molecule has 0 aliphatic rings. The Morgan fingerprint density at radius 2 is 1.50 bits per heavy atom. The monoisotopic (exact) mass is 375 g/mol. The maximum absolute atomic E-state index is 12.7. The van der Waals surface area contributed by atoms with Gasteiger partial charge < -0.3 is 10.2 Å². The van der Waals surface area contributed by atoms with Gasteiger partial charge in [0, 0.05) is 26.7 Å². The number of carbonyl (C=O) groups is 2. The van der Waals surface area contributed by atoms with Crippen molar-refractivity contribution in [2.75, 3.05) is 32.0 Å². The Kier molecular flexibility index (Phi) is 5.99. The number of nitrogens with one attached hydrogen (secondary N) is 1. The molecule has 26 heavy (non-hydrogen) atoms. The molecule has 0 saturated carbocycles. The normalized spacial score (nSPS) is 10.9. The molecule has 0 spiro atoms. The number of hydrogen-bond acceptors (Lipinski definition) is 4. The summed E-state index contributed by atoms with van der Waals surface area (Å²) in [7, 11) is 0.929. The highest BCUT2D eigenvalue weighted by Gasteiger charge is 2.21. The minimum atomic E-state index is -3.73. The summed E-state index contributed by atoms with van der Waals surface area (Å²) in [4.78, 5) is 25.0. The largest absolute Gasteiger partial charge is 0.347 e. The molecule has 0 aliphatic heterocycles. The maximum atomic E-state index is 12.7. The van der Waals surface area contributed by atoms with Gasteiger partial charge in [0.25, 0.3) is 15.9 Å². The summed E-state index contributed by atoms with van der Waals surface area (Å²) in [6, 6.07) is 14.3. The first-order chi connectivity index (χ1) is 12.2. The van der Waals surface area contributed by atoms with Crippen LogP contribution in [-0.2, 0) is 14.8 Å². The van der Waals surface area contributed by atoms with Crippen molar-refractivity contribution in [2.24, 2.45) is 0 Å².